The van der Waals surface area contributed by atoms with E-state index in [0.717, 1.165) is 37.9 Å². The molecule has 120 valence electrons. The Morgan fingerprint density at radius 3 is 2.27 bits per heavy atom. The maximum atomic E-state index is 13.1. The van der Waals surface area contributed by atoms with Gasteiger partial charge in [-0.25, -0.2) is 4.39 Å². The van der Waals surface area contributed by atoms with Gasteiger partial charge in [0.05, 0.1) is 12.0 Å². The Hall–Kier alpha value is -1.46. The van der Waals surface area contributed by atoms with Crippen molar-refractivity contribution in [3.05, 3.63) is 35.6 Å². The van der Waals surface area contributed by atoms with Crippen LogP contribution in [0.5, 0.6) is 0 Å². The Kier molecular flexibility index (Phi) is 4.45. The van der Waals surface area contributed by atoms with Gasteiger partial charge in [-0.15, -0.1) is 0 Å². The minimum Gasteiger partial charge on any atom is -0.395 e. The molecule has 0 aromatic heterocycles. The van der Waals surface area contributed by atoms with Crippen LogP contribution in [0, 0.1) is 5.82 Å². The van der Waals surface area contributed by atoms with Crippen molar-refractivity contribution in [3.8, 4) is 0 Å². The van der Waals surface area contributed by atoms with Gasteiger partial charge in [-0.3, -0.25) is 9.69 Å². The molecule has 1 saturated heterocycles. The van der Waals surface area contributed by atoms with E-state index < -0.39 is 5.41 Å². The van der Waals surface area contributed by atoms with Crippen molar-refractivity contribution in [2.24, 2.45) is 0 Å². The summed E-state index contributed by atoms with van der Waals surface area (Å²) >= 11 is 0. The fourth-order valence-corrected chi connectivity index (χ4v) is 3.54. The molecular formula is C17H23FN2O2. The summed E-state index contributed by atoms with van der Waals surface area (Å²) in [7, 11) is 0. The number of aliphatic hydroxyl groups is 1. The van der Waals surface area contributed by atoms with Gasteiger partial charge in [0.1, 0.15) is 5.82 Å². The quantitative estimate of drug-likeness (QED) is 0.914. The lowest BCUT2D eigenvalue weighted by molar-refractivity contribution is -0.142. The molecule has 1 aliphatic carbocycles. The maximum Gasteiger partial charge on any atom is 0.233 e. The van der Waals surface area contributed by atoms with Gasteiger partial charge in [-0.05, 0) is 30.5 Å². The maximum absolute atomic E-state index is 13.1. The first-order chi connectivity index (χ1) is 10.7. The number of benzene rings is 1. The highest BCUT2D eigenvalue weighted by molar-refractivity contribution is 5.89. The van der Waals surface area contributed by atoms with E-state index in [4.69, 9.17) is 5.11 Å². The van der Waals surface area contributed by atoms with Crippen molar-refractivity contribution in [1.29, 1.82) is 0 Å². The second-order valence-corrected chi connectivity index (χ2v) is 6.30. The average molecular weight is 306 g/mol. The van der Waals surface area contributed by atoms with Crippen molar-refractivity contribution in [3.63, 3.8) is 0 Å². The Bertz CT molecular complexity index is 520. The molecule has 1 aromatic rings. The summed E-state index contributed by atoms with van der Waals surface area (Å²) in [4.78, 5) is 17.1. The van der Waals surface area contributed by atoms with E-state index in [2.05, 4.69) is 4.90 Å². The molecule has 0 bridgehead atoms. The van der Waals surface area contributed by atoms with E-state index in [1.54, 1.807) is 12.1 Å². The summed E-state index contributed by atoms with van der Waals surface area (Å²) in [5.41, 5.74) is 0.510. The zero-order chi connectivity index (χ0) is 15.6. The Morgan fingerprint density at radius 1 is 1.14 bits per heavy atom. The van der Waals surface area contributed by atoms with Gasteiger partial charge in [-0.2, -0.15) is 0 Å². The predicted octanol–water partition coefficient (Wildman–Crippen LogP) is 1.38. The van der Waals surface area contributed by atoms with Crippen LogP contribution in [0.1, 0.15) is 24.8 Å². The standard InChI is InChI=1S/C17H23FN2O2/c18-15-4-2-14(3-5-15)17(6-1-7-17)16(22)20-10-8-19(9-11-20)12-13-21/h2-5,21H,1,6-13H2. The van der Waals surface area contributed by atoms with Crippen LogP contribution in [0.2, 0.25) is 0 Å². The molecule has 22 heavy (non-hydrogen) atoms. The second-order valence-electron chi connectivity index (χ2n) is 6.30. The molecule has 3 rings (SSSR count). The normalized spacial score (nSPS) is 21.5. The fraction of sp³-hybridized carbons (Fsp3) is 0.588. The third-order valence-corrected chi connectivity index (χ3v) is 5.09. The minimum atomic E-state index is -0.438. The number of piperazine rings is 1. The van der Waals surface area contributed by atoms with E-state index in [0.29, 0.717) is 19.6 Å². The van der Waals surface area contributed by atoms with Crippen molar-refractivity contribution in [2.75, 3.05) is 39.3 Å². The largest absolute Gasteiger partial charge is 0.395 e. The first-order valence-electron chi connectivity index (χ1n) is 8.04. The van der Waals surface area contributed by atoms with Crippen LogP contribution in [-0.2, 0) is 10.2 Å². The fourth-order valence-electron chi connectivity index (χ4n) is 3.54. The molecule has 0 unspecified atom stereocenters. The first kappa shape index (κ1) is 15.4. The molecule has 0 radical (unpaired) electrons. The van der Waals surface area contributed by atoms with Gasteiger partial charge in [0, 0.05) is 32.7 Å². The lowest BCUT2D eigenvalue weighted by Crippen LogP contribution is -2.56. The minimum absolute atomic E-state index is 0.160. The molecule has 0 spiro atoms. The molecule has 1 saturated carbocycles. The van der Waals surface area contributed by atoms with Gasteiger partial charge in [0.2, 0.25) is 5.91 Å². The number of carbonyl (C=O) groups excluding carboxylic acids is 1. The number of amides is 1. The number of nitrogens with zero attached hydrogens (tertiary/aromatic N) is 2. The van der Waals surface area contributed by atoms with Crippen LogP contribution < -0.4 is 0 Å². The number of rotatable bonds is 4. The summed E-state index contributed by atoms with van der Waals surface area (Å²) in [5.74, 6) is -0.0719. The summed E-state index contributed by atoms with van der Waals surface area (Å²) in [6.45, 7) is 3.87. The molecule has 5 heteroatoms. The average Bonchev–Trinajstić information content (AvgIpc) is 2.49. The van der Waals surface area contributed by atoms with Crippen LogP contribution in [-0.4, -0.2) is 60.1 Å². The highest BCUT2D eigenvalue weighted by atomic mass is 19.1. The van der Waals surface area contributed by atoms with Crippen molar-refractivity contribution < 1.29 is 14.3 Å². The zero-order valence-electron chi connectivity index (χ0n) is 12.8. The third kappa shape index (κ3) is 2.75. The van der Waals surface area contributed by atoms with E-state index in [-0.39, 0.29) is 18.3 Å². The highest BCUT2D eigenvalue weighted by Crippen LogP contribution is 2.45. The molecule has 1 aliphatic heterocycles. The Labute approximate surface area is 130 Å². The lowest BCUT2D eigenvalue weighted by Gasteiger charge is -2.46. The van der Waals surface area contributed by atoms with Crippen LogP contribution in [0.15, 0.2) is 24.3 Å². The molecule has 4 nitrogen and oxygen atoms in total. The number of β-amino-alcohol motifs (C(OH)–C–C–N with tert-alkyl or cyclic N) is 1. The van der Waals surface area contributed by atoms with E-state index in [1.165, 1.54) is 12.1 Å². The van der Waals surface area contributed by atoms with E-state index >= 15 is 0 Å². The van der Waals surface area contributed by atoms with Crippen molar-refractivity contribution in [1.82, 2.24) is 9.80 Å². The van der Waals surface area contributed by atoms with E-state index in [9.17, 15) is 9.18 Å². The number of carbonyl (C=O) groups is 1. The van der Waals surface area contributed by atoms with Gasteiger partial charge >= 0.3 is 0 Å². The van der Waals surface area contributed by atoms with Crippen LogP contribution in [0.25, 0.3) is 0 Å². The Morgan fingerprint density at radius 2 is 1.77 bits per heavy atom. The van der Waals surface area contributed by atoms with Gasteiger partial charge in [-0.1, -0.05) is 18.6 Å². The molecule has 1 aromatic carbocycles. The molecule has 1 N–H and O–H groups in total. The third-order valence-electron chi connectivity index (χ3n) is 5.09. The highest BCUT2D eigenvalue weighted by Gasteiger charge is 2.47. The first-order valence-corrected chi connectivity index (χ1v) is 8.04. The van der Waals surface area contributed by atoms with Gasteiger partial charge < -0.3 is 10.0 Å². The number of halogens is 1. The van der Waals surface area contributed by atoms with Crippen molar-refractivity contribution >= 4 is 5.91 Å². The smallest absolute Gasteiger partial charge is 0.233 e. The topological polar surface area (TPSA) is 43.8 Å². The van der Waals surface area contributed by atoms with Crippen LogP contribution in [0.4, 0.5) is 4.39 Å². The molecule has 2 aliphatic rings. The van der Waals surface area contributed by atoms with E-state index in [1.807, 2.05) is 4.90 Å². The number of aliphatic hydroxyl groups excluding tert-OH is 1. The second kappa shape index (κ2) is 6.34. The SMILES string of the molecule is O=C(N1CCN(CCO)CC1)C1(c2ccc(F)cc2)CCC1. The predicted molar refractivity (Wildman–Crippen MR) is 82.0 cm³/mol. The van der Waals surface area contributed by atoms with Gasteiger partial charge in [0.15, 0.2) is 0 Å². The monoisotopic (exact) mass is 306 g/mol. The summed E-state index contributed by atoms with van der Waals surface area (Å²) in [6, 6.07) is 6.41. The van der Waals surface area contributed by atoms with Crippen LogP contribution >= 0.6 is 0 Å². The van der Waals surface area contributed by atoms with Gasteiger partial charge in [0.25, 0.3) is 0 Å². The zero-order valence-corrected chi connectivity index (χ0v) is 12.8. The number of hydrogen-bond acceptors (Lipinski definition) is 3. The molecule has 1 amide bonds. The summed E-state index contributed by atoms with van der Waals surface area (Å²) in [6.07, 6.45) is 2.76. The molecule has 1 heterocycles. The van der Waals surface area contributed by atoms with Crippen LogP contribution in [0.3, 0.4) is 0 Å². The number of hydrogen-bond donors (Lipinski definition) is 1. The van der Waals surface area contributed by atoms with Crippen molar-refractivity contribution in [2.45, 2.75) is 24.7 Å². The molecular weight excluding hydrogens is 283 g/mol. The molecule has 0 atom stereocenters. The summed E-state index contributed by atoms with van der Waals surface area (Å²) in [5, 5.41) is 8.99. The Balaban J connectivity index is 1.71. The lowest BCUT2D eigenvalue weighted by atomic mass is 9.63. The summed E-state index contributed by atoms with van der Waals surface area (Å²) < 4.78 is 13.1. The molecule has 2 fully saturated rings.